The van der Waals surface area contributed by atoms with Gasteiger partial charge in [0, 0.05) is 16.8 Å². The monoisotopic (exact) mass is 284 g/mol. The van der Waals surface area contributed by atoms with Crippen molar-refractivity contribution in [3.8, 4) is 0 Å². The third-order valence-corrected chi connectivity index (χ3v) is 3.57. The molecule has 1 saturated carbocycles. The molecule has 0 bridgehead atoms. The van der Waals surface area contributed by atoms with Crippen molar-refractivity contribution in [2.24, 2.45) is 0 Å². The summed E-state index contributed by atoms with van der Waals surface area (Å²) in [4.78, 5) is 0. The summed E-state index contributed by atoms with van der Waals surface area (Å²) in [5, 5.41) is 17.1. The second kappa shape index (κ2) is 6.36. The van der Waals surface area contributed by atoms with Gasteiger partial charge in [0.25, 0.3) is 0 Å². The third-order valence-electron chi connectivity index (χ3n) is 3.11. The molecule has 2 rings (SSSR count). The highest BCUT2D eigenvalue weighted by molar-refractivity contribution is 7.80. The molecule has 0 spiro atoms. The summed E-state index contributed by atoms with van der Waals surface area (Å²) < 4.78 is 0. The maximum absolute atomic E-state index is 9.44. The first-order valence-electron chi connectivity index (χ1n) is 6.14. The van der Waals surface area contributed by atoms with Crippen LogP contribution in [0.3, 0.4) is 0 Å². The number of aliphatic hydroxyl groups is 1. The summed E-state index contributed by atoms with van der Waals surface area (Å²) in [6.45, 7) is 0. The van der Waals surface area contributed by atoms with Crippen LogP contribution in [0.1, 0.15) is 25.7 Å². The van der Waals surface area contributed by atoms with Crippen LogP contribution in [0.15, 0.2) is 24.3 Å². The Morgan fingerprint density at radius 1 is 1.28 bits per heavy atom. The summed E-state index contributed by atoms with van der Waals surface area (Å²) in [5.41, 5.74) is 0.885. The van der Waals surface area contributed by atoms with Crippen LogP contribution in [-0.2, 0) is 0 Å². The van der Waals surface area contributed by atoms with Crippen LogP contribution in [0.4, 0.5) is 5.69 Å². The number of aliphatic hydroxyl groups excluding tert-OH is 1. The molecular formula is C13H17ClN2OS. The van der Waals surface area contributed by atoms with E-state index in [4.69, 9.17) is 23.8 Å². The van der Waals surface area contributed by atoms with Crippen LogP contribution in [0, 0.1) is 0 Å². The van der Waals surface area contributed by atoms with E-state index in [1.807, 2.05) is 24.3 Å². The quantitative estimate of drug-likeness (QED) is 0.731. The number of nitrogens with one attached hydrogen (secondary N) is 2. The van der Waals surface area contributed by atoms with E-state index in [0.29, 0.717) is 16.2 Å². The second-order valence-corrected chi connectivity index (χ2v) is 5.46. The average Bonchev–Trinajstić information content (AvgIpc) is 2.32. The van der Waals surface area contributed by atoms with Gasteiger partial charge in [-0.2, -0.15) is 0 Å². The molecule has 1 aromatic carbocycles. The molecule has 0 saturated heterocycles. The maximum Gasteiger partial charge on any atom is 0.170 e. The van der Waals surface area contributed by atoms with Crippen molar-refractivity contribution in [3.05, 3.63) is 29.3 Å². The van der Waals surface area contributed by atoms with E-state index < -0.39 is 0 Å². The Bertz CT molecular complexity index is 419. The van der Waals surface area contributed by atoms with Gasteiger partial charge in [-0.15, -0.1) is 0 Å². The molecule has 1 aliphatic rings. The highest BCUT2D eigenvalue weighted by atomic mass is 35.5. The van der Waals surface area contributed by atoms with Gasteiger partial charge in [0.05, 0.1) is 6.10 Å². The predicted molar refractivity (Wildman–Crippen MR) is 79.1 cm³/mol. The van der Waals surface area contributed by atoms with Crippen LogP contribution in [0.25, 0.3) is 0 Å². The van der Waals surface area contributed by atoms with Crippen LogP contribution in [0.2, 0.25) is 5.02 Å². The SMILES string of the molecule is OC1CCC(NC(=S)Nc2cccc(Cl)c2)CC1. The molecule has 0 aromatic heterocycles. The van der Waals surface area contributed by atoms with Crippen molar-refractivity contribution >= 4 is 34.6 Å². The van der Waals surface area contributed by atoms with Crippen molar-refractivity contribution in [1.29, 1.82) is 0 Å². The zero-order valence-corrected chi connectivity index (χ0v) is 11.6. The summed E-state index contributed by atoms with van der Waals surface area (Å²) in [6.07, 6.45) is 3.46. The number of anilines is 1. The Morgan fingerprint density at radius 3 is 2.67 bits per heavy atom. The lowest BCUT2D eigenvalue weighted by Crippen LogP contribution is -2.40. The number of rotatable bonds is 2. The van der Waals surface area contributed by atoms with E-state index in [-0.39, 0.29) is 6.10 Å². The Kier molecular flexibility index (Phi) is 4.80. The maximum atomic E-state index is 9.44. The van der Waals surface area contributed by atoms with Crippen LogP contribution >= 0.6 is 23.8 Å². The zero-order chi connectivity index (χ0) is 13.0. The molecule has 18 heavy (non-hydrogen) atoms. The van der Waals surface area contributed by atoms with E-state index in [9.17, 15) is 5.11 Å². The molecule has 0 radical (unpaired) electrons. The number of halogens is 1. The molecule has 1 aliphatic carbocycles. The van der Waals surface area contributed by atoms with E-state index in [2.05, 4.69) is 10.6 Å². The van der Waals surface area contributed by atoms with Gasteiger partial charge >= 0.3 is 0 Å². The smallest absolute Gasteiger partial charge is 0.170 e. The predicted octanol–water partition coefficient (Wildman–Crippen LogP) is 2.93. The number of hydrogen-bond acceptors (Lipinski definition) is 2. The topological polar surface area (TPSA) is 44.3 Å². The molecular weight excluding hydrogens is 268 g/mol. The molecule has 1 fully saturated rings. The van der Waals surface area contributed by atoms with Crippen molar-refractivity contribution in [3.63, 3.8) is 0 Å². The summed E-state index contributed by atoms with van der Waals surface area (Å²) in [7, 11) is 0. The van der Waals surface area contributed by atoms with Crippen molar-refractivity contribution in [2.45, 2.75) is 37.8 Å². The number of benzene rings is 1. The fraction of sp³-hybridized carbons (Fsp3) is 0.462. The molecule has 1 aromatic rings. The number of hydrogen-bond donors (Lipinski definition) is 3. The largest absolute Gasteiger partial charge is 0.393 e. The summed E-state index contributed by atoms with van der Waals surface area (Å²) in [5.74, 6) is 0. The van der Waals surface area contributed by atoms with Crippen LogP contribution < -0.4 is 10.6 Å². The molecule has 0 heterocycles. The molecule has 3 nitrogen and oxygen atoms in total. The van der Waals surface area contributed by atoms with Gasteiger partial charge in [-0.3, -0.25) is 0 Å². The highest BCUT2D eigenvalue weighted by Gasteiger charge is 2.19. The Balaban J connectivity index is 1.82. The van der Waals surface area contributed by atoms with Crippen molar-refractivity contribution in [2.75, 3.05) is 5.32 Å². The third kappa shape index (κ3) is 4.12. The van der Waals surface area contributed by atoms with Gasteiger partial charge in [0.1, 0.15) is 0 Å². The highest BCUT2D eigenvalue weighted by Crippen LogP contribution is 2.19. The minimum absolute atomic E-state index is 0.141. The summed E-state index contributed by atoms with van der Waals surface area (Å²) in [6, 6.07) is 7.81. The first-order chi connectivity index (χ1) is 8.63. The molecule has 0 amide bonds. The first kappa shape index (κ1) is 13.6. The van der Waals surface area contributed by atoms with Crippen LogP contribution in [-0.4, -0.2) is 22.4 Å². The van der Waals surface area contributed by atoms with Gasteiger partial charge in [-0.05, 0) is 56.1 Å². The standard InChI is InChI=1S/C13H17ClN2OS/c14-9-2-1-3-11(8-9)16-13(18)15-10-4-6-12(17)7-5-10/h1-3,8,10,12,17H,4-7H2,(H2,15,16,18). The van der Waals surface area contributed by atoms with E-state index >= 15 is 0 Å². The van der Waals surface area contributed by atoms with Crippen LogP contribution in [0.5, 0.6) is 0 Å². The van der Waals surface area contributed by atoms with Gasteiger partial charge in [-0.1, -0.05) is 17.7 Å². The molecule has 0 atom stereocenters. The molecule has 0 unspecified atom stereocenters. The fourth-order valence-corrected chi connectivity index (χ4v) is 2.61. The second-order valence-electron chi connectivity index (χ2n) is 4.61. The molecule has 3 N–H and O–H groups in total. The van der Waals surface area contributed by atoms with E-state index in [1.54, 1.807) is 0 Å². The fourth-order valence-electron chi connectivity index (χ4n) is 2.14. The molecule has 0 aliphatic heterocycles. The Morgan fingerprint density at radius 2 is 2.00 bits per heavy atom. The first-order valence-corrected chi connectivity index (χ1v) is 6.93. The molecule has 98 valence electrons. The lowest BCUT2D eigenvalue weighted by molar-refractivity contribution is 0.120. The van der Waals surface area contributed by atoms with Gasteiger partial charge in [-0.25, -0.2) is 0 Å². The van der Waals surface area contributed by atoms with E-state index in [1.165, 1.54) is 0 Å². The van der Waals surface area contributed by atoms with Gasteiger partial charge < -0.3 is 15.7 Å². The Hall–Kier alpha value is -0.840. The zero-order valence-electron chi connectivity index (χ0n) is 10.0. The number of thiocarbonyl (C=S) groups is 1. The lowest BCUT2D eigenvalue weighted by Gasteiger charge is -2.27. The Labute approximate surface area is 118 Å². The molecule has 5 heteroatoms. The van der Waals surface area contributed by atoms with Gasteiger partial charge in [0.15, 0.2) is 5.11 Å². The summed E-state index contributed by atoms with van der Waals surface area (Å²) >= 11 is 11.2. The van der Waals surface area contributed by atoms with E-state index in [0.717, 1.165) is 31.4 Å². The van der Waals surface area contributed by atoms with Crippen molar-refractivity contribution in [1.82, 2.24) is 5.32 Å². The minimum atomic E-state index is -0.141. The normalized spacial score (nSPS) is 23.4. The van der Waals surface area contributed by atoms with Crippen molar-refractivity contribution < 1.29 is 5.11 Å². The van der Waals surface area contributed by atoms with Gasteiger partial charge in [0.2, 0.25) is 0 Å². The minimum Gasteiger partial charge on any atom is -0.393 e. The lowest BCUT2D eigenvalue weighted by atomic mass is 9.93. The average molecular weight is 285 g/mol.